The van der Waals surface area contributed by atoms with Crippen molar-refractivity contribution >= 4 is 21.6 Å². The molecule has 5 N–H and O–H groups in total. The third-order valence-electron chi connectivity index (χ3n) is 2.48. The van der Waals surface area contributed by atoms with E-state index in [-0.39, 0.29) is 17.1 Å². The Bertz CT molecular complexity index is 554. The molecule has 0 aliphatic carbocycles. The summed E-state index contributed by atoms with van der Waals surface area (Å²) in [6.07, 6.45) is 2.54. The van der Waals surface area contributed by atoms with Crippen LogP contribution in [-0.4, -0.2) is 25.9 Å². The molecule has 1 heterocycles. The van der Waals surface area contributed by atoms with Gasteiger partial charge in [-0.1, -0.05) is 0 Å². The molecule has 1 aromatic rings. The second-order valence-electron chi connectivity index (χ2n) is 4.49. The molecule has 7 nitrogen and oxygen atoms in total. The number of nitrogens with two attached hydrogens (primary N) is 2. The van der Waals surface area contributed by atoms with Crippen LogP contribution in [0.4, 0.5) is 5.69 Å². The first-order valence-electron chi connectivity index (χ1n) is 5.16. The van der Waals surface area contributed by atoms with Gasteiger partial charge in [0.2, 0.25) is 15.9 Å². The Morgan fingerprint density at radius 1 is 1.50 bits per heavy atom. The number of carbonyl (C=O) groups is 1. The largest absolute Gasteiger partial charge is 0.398 e. The van der Waals surface area contributed by atoms with E-state index in [2.05, 4.69) is 9.71 Å². The molecule has 0 saturated heterocycles. The number of sulfonamides is 1. The predicted octanol–water partition coefficient (Wildman–Crippen LogP) is -0.546. The van der Waals surface area contributed by atoms with Crippen LogP contribution in [-0.2, 0) is 14.8 Å². The van der Waals surface area contributed by atoms with E-state index in [4.69, 9.17) is 11.5 Å². The highest BCUT2D eigenvalue weighted by atomic mass is 32.2. The minimum absolute atomic E-state index is 0.0920. The molecule has 0 atom stereocenters. The van der Waals surface area contributed by atoms with Gasteiger partial charge in [0.25, 0.3) is 0 Å². The van der Waals surface area contributed by atoms with E-state index in [1.807, 2.05) is 0 Å². The molecule has 0 spiro atoms. The molecule has 0 aromatic carbocycles. The number of primary amides is 1. The number of hydrogen-bond donors (Lipinski definition) is 3. The molecule has 0 radical (unpaired) electrons. The second kappa shape index (κ2) is 4.91. The molecule has 0 bridgehead atoms. The molecule has 0 aliphatic heterocycles. The lowest BCUT2D eigenvalue weighted by atomic mass is 9.93. The highest BCUT2D eigenvalue weighted by molar-refractivity contribution is 7.89. The van der Waals surface area contributed by atoms with Crippen LogP contribution in [0.3, 0.4) is 0 Å². The molecule has 0 saturated carbocycles. The van der Waals surface area contributed by atoms with Crippen molar-refractivity contribution in [2.75, 3.05) is 12.3 Å². The molecule has 1 aromatic heterocycles. The van der Waals surface area contributed by atoms with Crippen molar-refractivity contribution in [1.82, 2.24) is 9.71 Å². The van der Waals surface area contributed by atoms with Crippen molar-refractivity contribution in [2.45, 2.75) is 18.7 Å². The minimum atomic E-state index is -3.80. The summed E-state index contributed by atoms with van der Waals surface area (Å²) in [4.78, 5) is 14.7. The number of rotatable bonds is 5. The van der Waals surface area contributed by atoms with Crippen LogP contribution >= 0.6 is 0 Å². The maximum atomic E-state index is 11.9. The number of amides is 1. The normalized spacial score (nSPS) is 12.3. The Morgan fingerprint density at radius 3 is 2.61 bits per heavy atom. The SMILES string of the molecule is CC(C)(CNS(=O)(=O)c1cnccc1N)C(N)=O. The van der Waals surface area contributed by atoms with Gasteiger partial charge in [-0.15, -0.1) is 0 Å². The Balaban J connectivity index is 2.92. The van der Waals surface area contributed by atoms with Crippen molar-refractivity contribution in [3.63, 3.8) is 0 Å². The number of hydrogen-bond acceptors (Lipinski definition) is 5. The van der Waals surface area contributed by atoms with E-state index in [0.717, 1.165) is 6.20 Å². The fraction of sp³-hybridized carbons (Fsp3) is 0.400. The molecule has 0 unspecified atom stereocenters. The number of carbonyl (C=O) groups excluding carboxylic acids is 1. The van der Waals surface area contributed by atoms with Crippen molar-refractivity contribution in [2.24, 2.45) is 11.1 Å². The lowest BCUT2D eigenvalue weighted by Crippen LogP contribution is -2.42. The highest BCUT2D eigenvalue weighted by Crippen LogP contribution is 2.18. The Labute approximate surface area is 106 Å². The third kappa shape index (κ3) is 3.17. The molecule has 0 aliphatic rings. The molecule has 0 fully saturated rings. The van der Waals surface area contributed by atoms with Crippen molar-refractivity contribution in [1.29, 1.82) is 0 Å². The first kappa shape index (κ1) is 14.4. The average Bonchev–Trinajstić information content (AvgIpc) is 2.27. The number of nitrogens with zero attached hydrogens (tertiary/aromatic N) is 1. The topological polar surface area (TPSA) is 128 Å². The fourth-order valence-electron chi connectivity index (χ4n) is 1.06. The average molecular weight is 272 g/mol. The van der Waals surface area contributed by atoms with E-state index < -0.39 is 21.3 Å². The van der Waals surface area contributed by atoms with Crippen LogP contribution in [0, 0.1) is 5.41 Å². The van der Waals surface area contributed by atoms with Crippen molar-refractivity contribution in [3.8, 4) is 0 Å². The van der Waals surface area contributed by atoms with Gasteiger partial charge in [0.1, 0.15) is 4.90 Å². The van der Waals surface area contributed by atoms with Gasteiger partial charge in [-0.3, -0.25) is 9.78 Å². The second-order valence-corrected chi connectivity index (χ2v) is 6.22. The van der Waals surface area contributed by atoms with E-state index in [0.29, 0.717) is 0 Å². The summed E-state index contributed by atoms with van der Waals surface area (Å²) in [6, 6.07) is 1.38. The quantitative estimate of drug-likeness (QED) is 0.662. The van der Waals surface area contributed by atoms with Gasteiger partial charge >= 0.3 is 0 Å². The third-order valence-corrected chi connectivity index (χ3v) is 3.92. The molecule has 100 valence electrons. The molecule has 1 amide bonds. The van der Waals surface area contributed by atoms with E-state index in [9.17, 15) is 13.2 Å². The minimum Gasteiger partial charge on any atom is -0.398 e. The number of anilines is 1. The van der Waals surface area contributed by atoms with Gasteiger partial charge in [-0.2, -0.15) is 0 Å². The summed E-state index contributed by atoms with van der Waals surface area (Å²) in [7, 11) is -3.80. The monoisotopic (exact) mass is 272 g/mol. The van der Waals surface area contributed by atoms with Gasteiger partial charge < -0.3 is 11.5 Å². The van der Waals surface area contributed by atoms with Crippen LogP contribution < -0.4 is 16.2 Å². The predicted molar refractivity (Wildman–Crippen MR) is 66.8 cm³/mol. The van der Waals surface area contributed by atoms with Crippen LogP contribution in [0.5, 0.6) is 0 Å². The van der Waals surface area contributed by atoms with Crippen LogP contribution in [0.25, 0.3) is 0 Å². The van der Waals surface area contributed by atoms with E-state index in [1.165, 1.54) is 12.3 Å². The highest BCUT2D eigenvalue weighted by Gasteiger charge is 2.28. The van der Waals surface area contributed by atoms with Gasteiger partial charge in [-0.05, 0) is 19.9 Å². The van der Waals surface area contributed by atoms with Gasteiger partial charge in [-0.25, -0.2) is 13.1 Å². The lowest BCUT2D eigenvalue weighted by molar-refractivity contribution is -0.125. The molecule has 18 heavy (non-hydrogen) atoms. The summed E-state index contributed by atoms with van der Waals surface area (Å²) in [6.45, 7) is 2.98. The zero-order chi connectivity index (χ0) is 14.0. The van der Waals surface area contributed by atoms with Crippen LogP contribution in [0.15, 0.2) is 23.4 Å². The van der Waals surface area contributed by atoms with E-state index in [1.54, 1.807) is 13.8 Å². The number of nitrogens with one attached hydrogen (secondary N) is 1. The van der Waals surface area contributed by atoms with Crippen LogP contribution in [0.1, 0.15) is 13.8 Å². The number of pyridine rings is 1. The summed E-state index contributed by atoms with van der Waals surface area (Å²) in [5, 5.41) is 0. The Kier molecular flexibility index (Phi) is 3.92. The molecule has 8 heteroatoms. The first-order valence-corrected chi connectivity index (χ1v) is 6.64. The lowest BCUT2D eigenvalue weighted by Gasteiger charge is -2.20. The van der Waals surface area contributed by atoms with Gasteiger partial charge in [0.15, 0.2) is 0 Å². The van der Waals surface area contributed by atoms with Crippen LogP contribution in [0.2, 0.25) is 0 Å². The fourth-order valence-corrected chi connectivity index (χ4v) is 2.34. The maximum Gasteiger partial charge on any atom is 0.244 e. The van der Waals surface area contributed by atoms with Crippen molar-refractivity contribution < 1.29 is 13.2 Å². The summed E-state index contributed by atoms with van der Waals surface area (Å²) >= 11 is 0. The van der Waals surface area contributed by atoms with Gasteiger partial charge in [0, 0.05) is 18.9 Å². The molecule has 1 rings (SSSR count). The summed E-state index contributed by atoms with van der Waals surface area (Å²) < 4.78 is 26.2. The Hall–Kier alpha value is -1.67. The Morgan fingerprint density at radius 2 is 2.11 bits per heavy atom. The number of aromatic nitrogens is 1. The smallest absolute Gasteiger partial charge is 0.244 e. The number of nitrogen functional groups attached to an aromatic ring is 1. The summed E-state index contributed by atoms with van der Waals surface area (Å²) in [5.41, 5.74) is 9.82. The standard InChI is InChI=1S/C10H16N4O3S/c1-10(2,9(12)15)6-14-18(16,17)8-5-13-4-3-7(8)11/h3-5,14H,6H2,1-2H3,(H2,11,13)(H2,12,15). The van der Waals surface area contributed by atoms with Crippen molar-refractivity contribution in [3.05, 3.63) is 18.5 Å². The zero-order valence-corrected chi connectivity index (χ0v) is 11.0. The van der Waals surface area contributed by atoms with E-state index >= 15 is 0 Å². The summed E-state index contributed by atoms with van der Waals surface area (Å²) in [5.74, 6) is -0.593. The zero-order valence-electron chi connectivity index (χ0n) is 10.2. The maximum absolute atomic E-state index is 11.9. The molecular formula is C10H16N4O3S. The molecular weight excluding hydrogens is 256 g/mol. The first-order chi connectivity index (χ1) is 8.17. The van der Waals surface area contributed by atoms with Gasteiger partial charge in [0.05, 0.1) is 11.1 Å².